The number of aromatic hydroxyl groups is 1. The highest BCUT2D eigenvalue weighted by Crippen LogP contribution is 2.29. The summed E-state index contributed by atoms with van der Waals surface area (Å²) in [6, 6.07) is 17.7. The third kappa shape index (κ3) is 3.98. The number of nitrogens with two attached hydrogens (primary N) is 1. The molecule has 0 bridgehead atoms. The molecule has 0 aliphatic heterocycles. The molecule has 4 rings (SSSR count). The Morgan fingerprint density at radius 2 is 1.84 bits per heavy atom. The molecule has 0 spiro atoms. The van der Waals surface area contributed by atoms with Gasteiger partial charge in [0.25, 0.3) is 5.91 Å². The Morgan fingerprint density at radius 3 is 2.52 bits per heavy atom. The van der Waals surface area contributed by atoms with E-state index >= 15 is 0 Å². The van der Waals surface area contributed by atoms with Crippen LogP contribution in [0.5, 0.6) is 5.75 Å². The molecule has 0 fully saturated rings. The van der Waals surface area contributed by atoms with Crippen LogP contribution in [0.4, 0.5) is 5.69 Å². The van der Waals surface area contributed by atoms with E-state index in [9.17, 15) is 14.7 Å². The number of hydrogen-bond acceptors (Lipinski definition) is 4. The molecular formula is C24H22N4O3. The van der Waals surface area contributed by atoms with Crippen LogP contribution in [0.1, 0.15) is 37.5 Å². The highest BCUT2D eigenvalue weighted by atomic mass is 16.3. The summed E-state index contributed by atoms with van der Waals surface area (Å²) in [5.41, 5.74) is 10.1. The summed E-state index contributed by atoms with van der Waals surface area (Å²) in [7, 11) is 1.61. The Hall–Kier alpha value is -4.13. The van der Waals surface area contributed by atoms with Crippen molar-refractivity contribution in [3.8, 4) is 5.75 Å². The molecule has 2 amide bonds. The van der Waals surface area contributed by atoms with Crippen LogP contribution >= 0.6 is 0 Å². The topological polar surface area (TPSA) is 112 Å². The highest BCUT2D eigenvalue weighted by Gasteiger charge is 2.20. The summed E-state index contributed by atoms with van der Waals surface area (Å²) in [5.74, 6) is -1.05. The van der Waals surface area contributed by atoms with Crippen molar-refractivity contribution >= 4 is 28.4 Å². The van der Waals surface area contributed by atoms with E-state index in [0.717, 1.165) is 22.2 Å². The van der Waals surface area contributed by atoms with Crippen molar-refractivity contribution in [3.05, 3.63) is 88.6 Å². The number of amides is 2. The summed E-state index contributed by atoms with van der Waals surface area (Å²) in [6.07, 6.45) is 0.602. The van der Waals surface area contributed by atoms with Gasteiger partial charge in [0.05, 0.1) is 16.8 Å². The molecule has 4 N–H and O–H groups in total. The number of hydrogen-bond donors (Lipinski definition) is 3. The van der Waals surface area contributed by atoms with Crippen LogP contribution in [0.25, 0.3) is 10.9 Å². The molecule has 4 aromatic rings. The number of primary amides is 1. The number of H-pyrrole nitrogens is 1. The van der Waals surface area contributed by atoms with Gasteiger partial charge in [0.2, 0.25) is 5.91 Å². The predicted octanol–water partition coefficient (Wildman–Crippen LogP) is 3.54. The first-order valence-electron chi connectivity index (χ1n) is 9.77. The van der Waals surface area contributed by atoms with Crippen molar-refractivity contribution in [1.29, 1.82) is 0 Å². The molecule has 7 heteroatoms. The average molecular weight is 414 g/mol. The summed E-state index contributed by atoms with van der Waals surface area (Å²) in [4.78, 5) is 25.8. The van der Waals surface area contributed by atoms with Crippen molar-refractivity contribution in [2.45, 2.75) is 13.3 Å². The van der Waals surface area contributed by atoms with Crippen molar-refractivity contribution in [2.24, 2.45) is 5.73 Å². The van der Waals surface area contributed by atoms with Gasteiger partial charge in [-0.25, -0.2) is 0 Å². The van der Waals surface area contributed by atoms with Gasteiger partial charge in [-0.2, -0.15) is 5.10 Å². The molecular weight excluding hydrogens is 392 g/mol. The molecule has 0 atom stereocenters. The van der Waals surface area contributed by atoms with E-state index in [2.05, 4.69) is 16.3 Å². The van der Waals surface area contributed by atoms with Crippen molar-refractivity contribution in [1.82, 2.24) is 10.2 Å². The largest absolute Gasteiger partial charge is 0.507 e. The minimum Gasteiger partial charge on any atom is -0.507 e. The van der Waals surface area contributed by atoms with Crippen LogP contribution in [-0.4, -0.2) is 34.2 Å². The average Bonchev–Trinajstić information content (AvgIpc) is 3.13. The maximum atomic E-state index is 13.1. The molecule has 0 aliphatic carbocycles. The molecule has 0 saturated carbocycles. The lowest BCUT2D eigenvalue weighted by Crippen LogP contribution is -2.26. The van der Waals surface area contributed by atoms with Crippen LogP contribution in [0.2, 0.25) is 0 Å². The smallest absolute Gasteiger partial charge is 0.261 e. The third-order valence-corrected chi connectivity index (χ3v) is 5.29. The molecule has 7 nitrogen and oxygen atoms in total. The van der Waals surface area contributed by atoms with Crippen molar-refractivity contribution in [2.75, 3.05) is 11.9 Å². The van der Waals surface area contributed by atoms with E-state index in [1.807, 2.05) is 25.1 Å². The van der Waals surface area contributed by atoms with Crippen LogP contribution in [0.3, 0.4) is 0 Å². The molecule has 0 radical (unpaired) electrons. The number of carbonyl (C=O) groups excluding carboxylic acids is 2. The van der Waals surface area contributed by atoms with Crippen molar-refractivity contribution < 1.29 is 14.7 Å². The number of aryl methyl sites for hydroxylation is 1. The second kappa shape index (κ2) is 7.95. The SMILES string of the molecule is Cc1cccc(Cc2n[nH]c3cc(O)c(C(=O)N(C)c4ccc(C(N)=O)cc4)cc23)c1. The van der Waals surface area contributed by atoms with E-state index in [0.29, 0.717) is 23.2 Å². The van der Waals surface area contributed by atoms with Gasteiger partial charge < -0.3 is 15.7 Å². The maximum absolute atomic E-state index is 13.1. The standard InChI is InChI=1S/C24H22N4O3/c1-14-4-3-5-15(10-14)11-20-18-12-19(22(29)13-21(18)27-26-20)24(31)28(2)17-8-6-16(7-9-17)23(25)30/h3-10,12-13,29H,11H2,1-2H3,(H2,25,30)(H,26,27). The van der Waals surface area contributed by atoms with Gasteiger partial charge in [0, 0.05) is 36.2 Å². The maximum Gasteiger partial charge on any atom is 0.261 e. The monoisotopic (exact) mass is 414 g/mol. The van der Waals surface area contributed by atoms with E-state index in [-0.39, 0.29) is 17.2 Å². The fraction of sp³-hybridized carbons (Fsp3) is 0.125. The number of anilines is 1. The van der Waals surface area contributed by atoms with Gasteiger partial charge in [-0.15, -0.1) is 0 Å². The fourth-order valence-electron chi connectivity index (χ4n) is 3.58. The van der Waals surface area contributed by atoms with Crippen LogP contribution in [0, 0.1) is 6.92 Å². The number of benzene rings is 3. The number of aromatic amines is 1. The summed E-state index contributed by atoms with van der Waals surface area (Å²) >= 11 is 0. The van der Waals surface area contributed by atoms with E-state index in [1.54, 1.807) is 37.4 Å². The summed E-state index contributed by atoms with van der Waals surface area (Å²) in [6.45, 7) is 2.03. The number of aromatic nitrogens is 2. The van der Waals surface area contributed by atoms with Gasteiger partial charge in [-0.05, 0) is 42.8 Å². The quantitative estimate of drug-likeness (QED) is 0.464. The molecule has 31 heavy (non-hydrogen) atoms. The zero-order valence-corrected chi connectivity index (χ0v) is 17.2. The second-order valence-corrected chi connectivity index (χ2v) is 7.53. The van der Waals surface area contributed by atoms with E-state index in [4.69, 9.17) is 5.73 Å². The number of rotatable bonds is 5. The first kappa shape index (κ1) is 20.2. The first-order chi connectivity index (χ1) is 14.8. The van der Waals surface area contributed by atoms with Gasteiger partial charge in [0.15, 0.2) is 0 Å². The Morgan fingerprint density at radius 1 is 1.10 bits per heavy atom. The number of carbonyl (C=O) groups is 2. The number of phenolic OH excluding ortho intramolecular Hbond substituents is 1. The normalized spacial score (nSPS) is 10.9. The molecule has 0 aliphatic rings. The summed E-state index contributed by atoms with van der Waals surface area (Å²) in [5, 5.41) is 18.6. The Labute approximate surface area is 179 Å². The molecule has 0 unspecified atom stereocenters. The molecule has 156 valence electrons. The van der Waals surface area contributed by atoms with Crippen molar-refractivity contribution in [3.63, 3.8) is 0 Å². The number of nitrogens with one attached hydrogen (secondary N) is 1. The van der Waals surface area contributed by atoms with E-state index in [1.165, 1.54) is 11.0 Å². The second-order valence-electron chi connectivity index (χ2n) is 7.53. The van der Waals surface area contributed by atoms with Gasteiger partial charge in [-0.1, -0.05) is 29.8 Å². The van der Waals surface area contributed by atoms with Gasteiger partial charge in [-0.3, -0.25) is 14.7 Å². The molecule has 1 heterocycles. The molecule has 0 saturated heterocycles. The van der Waals surface area contributed by atoms with Crippen LogP contribution in [-0.2, 0) is 6.42 Å². The Kier molecular flexibility index (Phi) is 5.17. The minimum atomic E-state index is -0.537. The number of nitrogens with zero attached hydrogens (tertiary/aromatic N) is 2. The Bertz CT molecular complexity index is 1290. The minimum absolute atomic E-state index is 0.135. The van der Waals surface area contributed by atoms with Gasteiger partial charge in [0.1, 0.15) is 5.75 Å². The molecule has 3 aromatic carbocycles. The number of fused-ring (bicyclic) bond motifs is 1. The van der Waals surface area contributed by atoms with E-state index < -0.39 is 5.91 Å². The fourth-order valence-corrected chi connectivity index (χ4v) is 3.58. The predicted molar refractivity (Wildman–Crippen MR) is 119 cm³/mol. The highest BCUT2D eigenvalue weighted by molar-refractivity contribution is 6.10. The van der Waals surface area contributed by atoms with Crippen LogP contribution < -0.4 is 10.6 Å². The zero-order chi connectivity index (χ0) is 22.1. The summed E-state index contributed by atoms with van der Waals surface area (Å²) < 4.78 is 0. The lowest BCUT2D eigenvalue weighted by atomic mass is 10.0. The Balaban J connectivity index is 1.67. The number of phenols is 1. The van der Waals surface area contributed by atoms with Crippen LogP contribution in [0.15, 0.2) is 60.7 Å². The third-order valence-electron chi connectivity index (χ3n) is 5.29. The lowest BCUT2D eigenvalue weighted by Gasteiger charge is -2.18. The lowest BCUT2D eigenvalue weighted by molar-refractivity contribution is 0.0987. The zero-order valence-electron chi connectivity index (χ0n) is 17.2. The molecule has 1 aromatic heterocycles. The van der Waals surface area contributed by atoms with Gasteiger partial charge >= 0.3 is 0 Å². The first-order valence-corrected chi connectivity index (χ1v) is 9.77.